The maximum absolute atomic E-state index is 5.91. The van der Waals surface area contributed by atoms with Gasteiger partial charge in [-0.15, -0.1) is 0 Å². The van der Waals surface area contributed by atoms with Crippen molar-refractivity contribution in [3.8, 4) is 0 Å². The fourth-order valence-corrected chi connectivity index (χ4v) is 2.02. The van der Waals surface area contributed by atoms with E-state index in [4.69, 9.17) is 5.73 Å². The molecule has 1 aromatic carbocycles. The van der Waals surface area contributed by atoms with Crippen molar-refractivity contribution in [2.24, 2.45) is 16.6 Å². The van der Waals surface area contributed by atoms with Crippen molar-refractivity contribution in [3.63, 3.8) is 0 Å². The molecule has 17 heavy (non-hydrogen) atoms. The average Bonchev–Trinajstić information content (AvgIpc) is 2.29. The monoisotopic (exact) mass is 231 g/mol. The molecule has 1 aromatic rings. The highest BCUT2D eigenvalue weighted by molar-refractivity contribution is 5.92. The van der Waals surface area contributed by atoms with E-state index in [2.05, 4.69) is 43.2 Å². The van der Waals surface area contributed by atoms with Gasteiger partial charge in [-0.05, 0) is 55.9 Å². The zero-order valence-electron chi connectivity index (χ0n) is 10.8. The third-order valence-electron chi connectivity index (χ3n) is 3.66. The number of anilines is 1. The van der Waals surface area contributed by atoms with Crippen molar-refractivity contribution in [1.29, 1.82) is 0 Å². The van der Waals surface area contributed by atoms with E-state index in [1.165, 1.54) is 17.5 Å². The Bertz CT molecular complexity index is 437. The van der Waals surface area contributed by atoms with Crippen LogP contribution in [0.3, 0.4) is 0 Å². The number of benzene rings is 1. The summed E-state index contributed by atoms with van der Waals surface area (Å²) >= 11 is 0. The number of hydrogen-bond acceptors (Lipinski definition) is 1. The van der Waals surface area contributed by atoms with Crippen LogP contribution >= 0.6 is 0 Å². The fourth-order valence-electron chi connectivity index (χ4n) is 2.02. The van der Waals surface area contributed by atoms with Gasteiger partial charge in [0.15, 0.2) is 5.96 Å². The Labute approximate surface area is 103 Å². The molecule has 0 amide bonds. The van der Waals surface area contributed by atoms with Crippen LogP contribution < -0.4 is 11.1 Å². The van der Waals surface area contributed by atoms with Crippen LogP contribution in [-0.2, 0) is 0 Å². The Morgan fingerprint density at radius 1 is 1.29 bits per heavy atom. The molecule has 1 saturated carbocycles. The first-order valence-electron chi connectivity index (χ1n) is 6.24. The third kappa shape index (κ3) is 2.78. The van der Waals surface area contributed by atoms with E-state index < -0.39 is 0 Å². The Hall–Kier alpha value is -1.51. The van der Waals surface area contributed by atoms with Crippen molar-refractivity contribution in [1.82, 2.24) is 0 Å². The molecule has 1 aliphatic rings. The minimum Gasteiger partial charge on any atom is -0.370 e. The quantitative estimate of drug-likeness (QED) is 0.607. The predicted molar refractivity (Wildman–Crippen MR) is 73.3 cm³/mol. The Morgan fingerprint density at radius 2 is 2.06 bits per heavy atom. The van der Waals surface area contributed by atoms with Crippen LogP contribution in [0.25, 0.3) is 0 Å². The number of aryl methyl sites for hydroxylation is 2. The van der Waals surface area contributed by atoms with Crippen molar-refractivity contribution in [3.05, 3.63) is 29.3 Å². The molecule has 3 heteroatoms. The number of rotatable bonds is 2. The van der Waals surface area contributed by atoms with E-state index in [-0.39, 0.29) is 0 Å². The highest BCUT2D eigenvalue weighted by Crippen LogP contribution is 2.29. The predicted octanol–water partition coefficient (Wildman–Crippen LogP) is 2.83. The van der Waals surface area contributed by atoms with Gasteiger partial charge in [-0.1, -0.05) is 13.0 Å². The van der Waals surface area contributed by atoms with Gasteiger partial charge in [0.25, 0.3) is 0 Å². The Kier molecular flexibility index (Phi) is 3.36. The standard InChI is InChI=1S/C14H21N3/c1-9-4-6-12(8-11(9)3)16-14(15)17-13-7-5-10(13)2/h4,6,8,10,13H,5,7H2,1-3H3,(H3,15,16,17). The largest absolute Gasteiger partial charge is 0.370 e. The molecule has 0 aromatic heterocycles. The molecular weight excluding hydrogens is 210 g/mol. The van der Waals surface area contributed by atoms with Crippen LogP contribution in [0.15, 0.2) is 23.2 Å². The molecule has 0 bridgehead atoms. The van der Waals surface area contributed by atoms with E-state index in [0.29, 0.717) is 17.9 Å². The molecule has 1 aliphatic carbocycles. The lowest BCUT2D eigenvalue weighted by Crippen LogP contribution is -2.32. The second-order valence-electron chi connectivity index (χ2n) is 5.06. The van der Waals surface area contributed by atoms with Gasteiger partial charge in [0.1, 0.15) is 0 Å². The molecule has 0 spiro atoms. The van der Waals surface area contributed by atoms with Crippen LogP contribution in [0.2, 0.25) is 0 Å². The summed E-state index contributed by atoms with van der Waals surface area (Å²) in [5.41, 5.74) is 9.47. The van der Waals surface area contributed by atoms with Gasteiger partial charge < -0.3 is 11.1 Å². The van der Waals surface area contributed by atoms with Gasteiger partial charge in [0.05, 0.1) is 6.04 Å². The molecule has 2 atom stereocenters. The van der Waals surface area contributed by atoms with Gasteiger partial charge in [-0.2, -0.15) is 0 Å². The van der Waals surface area contributed by atoms with E-state index in [9.17, 15) is 0 Å². The van der Waals surface area contributed by atoms with Crippen molar-refractivity contribution >= 4 is 11.6 Å². The normalized spacial score (nSPS) is 24.3. The van der Waals surface area contributed by atoms with Crippen molar-refractivity contribution in [2.45, 2.75) is 39.7 Å². The second kappa shape index (κ2) is 4.78. The molecule has 0 aliphatic heterocycles. The van der Waals surface area contributed by atoms with Crippen LogP contribution in [-0.4, -0.2) is 12.0 Å². The summed E-state index contributed by atoms with van der Waals surface area (Å²) in [5.74, 6) is 1.21. The summed E-state index contributed by atoms with van der Waals surface area (Å²) in [6.45, 7) is 6.43. The van der Waals surface area contributed by atoms with Crippen molar-refractivity contribution in [2.75, 3.05) is 5.32 Å². The van der Waals surface area contributed by atoms with Gasteiger partial charge in [0.2, 0.25) is 0 Å². The second-order valence-corrected chi connectivity index (χ2v) is 5.06. The Balaban J connectivity index is 2.02. The molecule has 2 rings (SSSR count). The number of nitrogens with zero attached hydrogens (tertiary/aromatic N) is 1. The molecular formula is C14H21N3. The van der Waals surface area contributed by atoms with Crippen LogP contribution in [0.5, 0.6) is 0 Å². The van der Waals surface area contributed by atoms with E-state index in [1.54, 1.807) is 0 Å². The number of nitrogens with two attached hydrogens (primary N) is 1. The van der Waals surface area contributed by atoms with Crippen LogP contribution in [0.4, 0.5) is 5.69 Å². The minimum atomic E-state index is 0.411. The van der Waals surface area contributed by atoms with Crippen LogP contribution in [0.1, 0.15) is 30.9 Å². The minimum absolute atomic E-state index is 0.411. The van der Waals surface area contributed by atoms with Gasteiger partial charge >= 0.3 is 0 Å². The molecule has 2 unspecified atom stereocenters. The van der Waals surface area contributed by atoms with Crippen molar-refractivity contribution < 1.29 is 0 Å². The molecule has 3 N–H and O–H groups in total. The first-order chi connectivity index (χ1) is 8.06. The topological polar surface area (TPSA) is 50.4 Å². The molecule has 92 valence electrons. The first kappa shape index (κ1) is 12.0. The summed E-state index contributed by atoms with van der Waals surface area (Å²) in [6, 6.07) is 6.64. The summed E-state index contributed by atoms with van der Waals surface area (Å²) in [6.07, 6.45) is 2.43. The third-order valence-corrected chi connectivity index (χ3v) is 3.66. The van der Waals surface area contributed by atoms with Crippen LogP contribution in [0, 0.1) is 19.8 Å². The lowest BCUT2D eigenvalue weighted by molar-refractivity contribution is 0.284. The number of guanidine groups is 1. The lowest BCUT2D eigenvalue weighted by Gasteiger charge is -2.30. The van der Waals surface area contributed by atoms with Gasteiger partial charge in [0, 0.05) is 5.69 Å². The summed E-state index contributed by atoms with van der Waals surface area (Å²) in [7, 11) is 0. The van der Waals surface area contributed by atoms with Gasteiger partial charge in [-0.3, -0.25) is 0 Å². The SMILES string of the molecule is Cc1ccc(NC(N)=NC2CCC2C)cc1C. The highest BCUT2D eigenvalue weighted by Gasteiger charge is 2.26. The van der Waals surface area contributed by atoms with E-state index >= 15 is 0 Å². The van der Waals surface area contributed by atoms with E-state index in [0.717, 1.165) is 12.1 Å². The van der Waals surface area contributed by atoms with E-state index in [1.807, 2.05) is 6.07 Å². The molecule has 1 fully saturated rings. The Morgan fingerprint density at radius 3 is 2.59 bits per heavy atom. The molecule has 0 radical (unpaired) electrons. The molecule has 3 nitrogen and oxygen atoms in total. The number of aliphatic imine (C=N–C) groups is 1. The maximum Gasteiger partial charge on any atom is 0.193 e. The summed E-state index contributed by atoms with van der Waals surface area (Å²) in [5, 5.41) is 3.16. The average molecular weight is 231 g/mol. The lowest BCUT2D eigenvalue weighted by atomic mass is 9.82. The molecule has 0 heterocycles. The molecule has 0 saturated heterocycles. The first-order valence-corrected chi connectivity index (χ1v) is 6.24. The summed E-state index contributed by atoms with van der Waals surface area (Å²) in [4.78, 5) is 4.49. The zero-order chi connectivity index (χ0) is 12.4. The highest BCUT2D eigenvalue weighted by atomic mass is 15.1. The number of nitrogens with one attached hydrogen (secondary N) is 1. The maximum atomic E-state index is 5.91. The fraction of sp³-hybridized carbons (Fsp3) is 0.500. The summed E-state index contributed by atoms with van der Waals surface area (Å²) < 4.78 is 0. The smallest absolute Gasteiger partial charge is 0.193 e. The van der Waals surface area contributed by atoms with Gasteiger partial charge in [-0.25, -0.2) is 4.99 Å². The number of hydrogen-bond donors (Lipinski definition) is 2. The zero-order valence-corrected chi connectivity index (χ0v) is 10.8.